The van der Waals surface area contributed by atoms with Crippen LogP contribution >= 0.6 is 11.6 Å². The molecule has 0 saturated heterocycles. The Kier molecular flexibility index (Phi) is 6.77. The van der Waals surface area contributed by atoms with E-state index in [0.29, 0.717) is 16.6 Å². The number of rotatable bonds is 5. The molecule has 0 aromatic heterocycles. The predicted molar refractivity (Wildman–Crippen MR) is 130 cm³/mol. The molecule has 31 heavy (non-hydrogen) atoms. The van der Waals surface area contributed by atoms with Gasteiger partial charge in [-0.3, -0.25) is 4.79 Å². The number of amides is 1. The van der Waals surface area contributed by atoms with Gasteiger partial charge in [0.05, 0.1) is 0 Å². The van der Waals surface area contributed by atoms with Crippen molar-refractivity contribution in [2.45, 2.75) is 58.9 Å². The number of nitrogens with zero attached hydrogens (tertiary/aromatic N) is 2. The van der Waals surface area contributed by atoms with Crippen LogP contribution in [0.25, 0.3) is 6.08 Å². The fraction of sp³-hybridized carbons (Fsp3) is 0.385. The third kappa shape index (κ3) is 4.78. The molecule has 2 aromatic rings. The topological polar surface area (TPSA) is 56.1 Å². The van der Waals surface area contributed by atoms with Gasteiger partial charge >= 0.3 is 0 Å². The van der Waals surface area contributed by atoms with E-state index in [2.05, 4.69) is 50.0 Å². The minimum absolute atomic E-state index is 0.0635. The number of nitriles is 1. The predicted octanol–water partition coefficient (Wildman–Crippen LogP) is 6.70. The van der Waals surface area contributed by atoms with Crippen molar-refractivity contribution in [3.05, 3.63) is 63.7 Å². The zero-order valence-corrected chi connectivity index (χ0v) is 19.7. The summed E-state index contributed by atoms with van der Waals surface area (Å²) in [6, 6.07) is 13.6. The largest absolute Gasteiger partial charge is 0.366 e. The number of fused-ring (bicyclic) bond motifs is 1. The van der Waals surface area contributed by atoms with Crippen molar-refractivity contribution < 1.29 is 4.79 Å². The summed E-state index contributed by atoms with van der Waals surface area (Å²) in [6.45, 7) is 11.9. The Balaban J connectivity index is 1.92. The van der Waals surface area contributed by atoms with Crippen LogP contribution < -0.4 is 10.2 Å². The van der Waals surface area contributed by atoms with E-state index >= 15 is 0 Å². The summed E-state index contributed by atoms with van der Waals surface area (Å²) in [5, 5.41) is 13.0. The van der Waals surface area contributed by atoms with Gasteiger partial charge in [-0.2, -0.15) is 5.26 Å². The van der Waals surface area contributed by atoms with E-state index in [9.17, 15) is 10.1 Å². The smallest absolute Gasteiger partial charge is 0.266 e. The normalized spacial score (nSPS) is 17.6. The van der Waals surface area contributed by atoms with Crippen molar-refractivity contribution in [2.75, 3.05) is 16.8 Å². The first-order valence-electron chi connectivity index (χ1n) is 10.8. The van der Waals surface area contributed by atoms with Gasteiger partial charge in [0, 0.05) is 28.5 Å². The van der Waals surface area contributed by atoms with Gasteiger partial charge in [-0.05, 0) is 86.6 Å². The second kappa shape index (κ2) is 9.16. The lowest BCUT2D eigenvalue weighted by Gasteiger charge is -2.47. The summed E-state index contributed by atoms with van der Waals surface area (Å²) >= 11 is 6.14. The second-order valence-electron chi connectivity index (χ2n) is 8.92. The van der Waals surface area contributed by atoms with Crippen molar-refractivity contribution in [2.24, 2.45) is 0 Å². The fourth-order valence-electron chi connectivity index (χ4n) is 4.49. The highest BCUT2D eigenvalue weighted by molar-refractivity contribution is 6.31. The lowest BCUT2D eigenvalue weighted by atomic mass is 9.79. The van der Waals surface area contributed by atoms with Crippen LogP contribution in [0.5, 0.6) is 0 Å². The van der Waals surface area contributed by atoms with Crippen molar-refractivity contribution in [1.82, 2.24) is 0 Å². The summed E-state index contributed by atoms with van der Waals surface area (Å²) < 4.78 is 0. The number of benzene rings is 2. The number of hydrogen-bond acceptors (Lipinski definition) is 3. The van der Waals surface area contributed by atoms with Crippen molar-refractivity contribution in [3.8, 4) is 6.07 Å². The van der Waals surface area contributed by atoms with Crippen LogP contribution in [-0.2, 0) is 4.79 Å². The molecule has 3 rings (SSSR count). The minimum atomic E-state index is -0.438. The van der Waals surface area contributed by atoms with Crippen LogP contribution in [-0.4, -0.2) is 18.0 Å². The highest BCUT2D eigenvalue weighted by Gasteiger charge is 2.35. The second-order valence-corrected chi connectivity index (χ2v) is 9.33. The zero-order valence-electron chi connectivity index (χ0n) is 18.9. The molecule has 1 heterocycles. The molecule has 0 saturated carbocycles. The van der Waals surface area contributed by atoms with Gasteiger partial charge < -0.3 is 10.2 Å². The first-order chi connectivity index (χ1) is 14.7. The van der Waals surface area contributed by atoms with E-state index in [-0.39, 0.29) is 11.1 Å². The third-order valence-electron chi connectivity index (χ3n) is 6.05. The molecule has 1 unspecified atom stereocenters. The number of hydrogen-bond donors (Lipinski definition) is 1. The van der Waals surface area contributed by atoms with Crippen molar-refractivity contribution in [1.29, 1.82) is 5.26 Å². The molecule has 0 spiro atoms. The fourth-order valence-corrected chi connectivity index (χ4v) is 4.67. The number of nitrogens with one attached hydrogen (secondary N) is 1. The quantitative estimate of drug-likeness (QED) is 0.420. The minimum Gasteiger partial charge on any atom is -0.366 e. The number of carbonyl (C=O) groups excluding carboxylic acids is 1. The Morgan fingerprint density at radius 1 is 1.35 bits per heavy atom. The van der Waals surface area contributed by atoms with Crippen LogP contribution in [0, 0.1) is 18.3 Å². The number of halogens is 1. The van der Waals surface area contributed by atoms with E-state index in [1.165, 1.54) is 11.3 Å². The van der Waals surface area contributed by atoms with Gasteiger partial charge in [-0.25, -0.2) is 0 Å². The van der Waals surface area contributed by atoms with Gasteiger partial charge in [-0.1, -0.05) is 37.6 Å². The van der Waals surface area contributed by atoms with Gasteiger partial charge in [0.15, 0.2) is 0 Å². The highest BCUT2D eigenvalue weighted by atomic mass is 35.5. The lowest BCUT2D eigenvalue weighted by Crippen LogP contribution is -2.48. The summed E-state index contributed by atoms with van der Waals surface area (Å²) in [4.78, 5) is 15.2. The van der Waals surface area contributed by atoms with Crippen LogP contribution in [0.1, 0.15) is 63.1 Å². The molecule has 0 aliphatic carbocycles. The molecule has 0 bridgehead atoms. The molecular formula is C26H30ClN3O. The SMILES string of the molecule is CCCN1c2ccc(/C=C(\C#N)C(=O)Nc3cccc(Cl)c3C)cc2C(C)CC1(C)C. The van der Waals surface area contributed by atoms with Crippen molar-refractivity contribution >= 4 is 35.0 Å². The molecule has 4 nitrogen and oxygen atoms in total. The van der Waals surface area contributed by atoms with Crippen LogP contribution in [0.4, 0.5) is 11.4 Å². The molecule has 162 valence electrons. The molecular weight excluding hydrogens is 406 g/mol. The van der Waals surface area contributed by atoms with Gasteiger partial charge in [-0.15, -0.1) is 0 Å². The monoisotopic (exact) mass is 435 g/mol. The third-order valence-corrected chi connectivity index (χ3v) is 6.46. The molecule has 0 fully saturated rings. The number of carbonyl (C=O) groups is 1. The summed E-state index contributed by atoms with van der Waals surface area (Å²) in [7, 11) is 0. The standard InChI is InChI=1S/C26H30ClN3O/c1-6-12-30-24-11-10-19(14-21(24)17(2)15-26(30,4)5)13-20(16-28)25(31)29-23-9-7-8-22(27)18(23)3/h7-11,13-14,17H,6,12,15H2,1-5H3,(H,29,31)/b20-13+. The lowest BCUT2D eigenvalue weighted by molar-refractivity contribution is -0.112. The van der Waals surface area contributed by atoms with E-state index in [0.717, 1.165) is 30.5 Å². The van der Waals surface area contributed by atoms with Crippen LogP contribution in [0.3, 0.4) is 0 Å². The van der Waals surface area contributed by atoms with Crippen LogP contribution in [0.15, 0.2) is 42.0 Å². The molecule has 2 aromatic carbocycles. The zero-order chi connectivity index (χ0) is 22.8. The number of anilines is 2. The average Bonchev–Trinajstić information content (AvgIpc) is 2.72. The molecule has 5 heteroatoms. The molecule has 1 amide bonds. The van der Waals surface area contributed by atoms with E-state index in [1.54, 1.807) is 24.3 Å². The molecule has 1 atom stereocenters. The Bertz CT molecular complexity index is 1060. The van der Waals surface area contributed by atoms with Gasteiger partial charge in [0.25, 0.3) is 5.91 Å². The molecule has 1 N–H and O–H groups in total. The maximum Gasteiger partial charge on any atom is 0.266 e. The average molecular weight is 436 g/mol. The van der Waals surface area contributed by atoms with Gasteiger partial charge in [0.2, 0.25) is 0 Å². The summed E-state index contributed by atoms with van der Waals surface area (Å²) in [5.74, 6) is -0.0349. The first kappa shape index (κ1) is 22.9. The first-order valence-corrected chi connectivity index (χ1v) is 11.2. The maximum atomic E-state index is 12.7. The van der Waals surface area contributed by atoms with E-state index < -0.39 is 5.91 Å². The van der Waals surface area contributed by atoms with E-state index in [4.69, 9.17) is 11.6 Å². The van der Waals surface area contributed by atoms with Crippen molar-refractivity contribution in [3.63, 3.8) is 0 Å². The molecule has 1 aliphatic rings. The highest BCUT2D eigenvalue weighted by Crippen LogP contribution is 2.43. The molecule has 0 radical (unpaired) electrons. The summed E-state index contributed by atoms with van der Waals surface area (Å²) in [6.07, 6.45) is 3.81. The Morgan fingerprint density at radius 2 is 2.10 bits per heavy atom. The van der Waals surface area contributed by atoms with Crippen LogP contribution in [0.2, 0.25) is 5.02 Å². The summed E-state index contributed by atoms with van der Waals surface area (Å²) in [5.41, 5.74) is 4.92. The molecule has 1 aliphatic heterocycles. The Morgan fingerprint density at radius 3 is 2.77 bits per heavy atom. The Hall–Kier alpha value is -2.77. The maximum absolute atomic E-state index is 12.7. The van der Waals surface area contributed by atoms with E-state index in [1.807, 2.05) is 19.1 Å². The Labute approximate surface area is 190 Å². The van der Waals surface area contributed by atoms with Gasteiger partial charge in [0.1, 0.15) is 11.6 Å².